The summed E-state index contributed by atoms with van der Waals surface area (Å²) < 4.78 is 10.5. The van der Waals surface area contributed by atoms with E-state index in [4.69, 9.17) is 9.47 Å². The SMILES string of the molecule is COc1ccc(CC(C)(O)C2(C#N)CCC2)cc1OC. The smallest absolute Gasteiger partial charge is 0.160 e. The third-order valence-electron chi connectivity index (χ3n) is 4.45. The van der Waals surface area contributed by atoms with Crippen LogP contribution in [0.25, 0.3) is 0 Å². The molecular formula is C16H21NO3. The Morgan fingerprint density at radius 3 is 2.40 bits per heavy atom. The number of rotatable bonds is 5. The van der Waals surface area contributed by atoms with Gasteiger partial charge in [-0.25, -0.2) is 0 Å². The second-order valence-electron chi connectivity index (χ2n) is 5.69. The summed E-state index contributed by atoms with van der Waals surface area (Å²) in [6.45, 7) is 1.76. The number of benzene rings is 1. The van der Waals surface area contributed by atoms with E-state index in [0.29, 0.717) is 17.9 Å². The van der Waals surface area contributed by atoms with E-state index < -0.39 is 11.0 Å². The van der Waals surface area contributed by atoms with Crippen LogP contribution in [0.1, 0.15) is 31.7 Å². The predicted molar refractivity (Wildman–Crippen MR) is 75.8 cm³/mol. The second kappa shape index (κ2) is 5.34. The van der Waals surface area contributed by atoms with Gasteiger partial charge in [0.25, 0.3) is 0 Å². The number of hydrogen-bond acceptors (Lipinski definition) is 4. The normalized spacial score (nSPS) is 19.4. The Kier molecular flexibility index (Phi) is 3.92. The molecule has 1 atom stereocenters. The number of aliphatic hydroxyl groups is 1. The minimum atomic E-state index is -1.03. The highest BCUT2D eigenvalue weighted by Gasteiger charge is 2.51. The van der Waals surface area contributed by atoms with E-state index in [1.54, 1.807) is 21.1 Å². The van der Waals surface area contributed by atoms with Crippen LogP contribution in [0.4, 0.5) is 0 Å². The van der Waals surface area contributed by atoms with E-state index in [1.165, 1.54) is 0 Å². The van der Waals surface area contributed by atoms with Gasteiger partial charge in [0.05, 0.1) is 31.3 Å². The largest absolute Gasteiger partial charge is 0.493 e. The maximum Gasteiger partial charge on any atom is 0.160 e. The van der Waals surface area contributed by atoms with E-state index >= 15 is 0 Å². The van der Waals surface area contributed by atoms with Gasteiger partial charge in [-0.3, -0.25) is 0 Å². The molecule has 0 radical (unpaired) electrons. The summed E-state index contributed by atoms with van der Waals surface area (Å²) in [5.74, 6) is 1.30. The van der Waals surface area contributed by atoms with Gasteiger partial charge in [0.1, 0.15) is 0 Å². The summed E-state index contributed by atoms with van der Waals surface area (Å²) in [5, 5.41) is 20.1. The van der Waals surface area contributed by atoms with Crippen LogP contribution in [-0.2, 0) is 6.42 Å². The summed E-state index contributed by atoms with van der Waals surface area (Å²) >= 11 is 0. The predicted octanol–water partition coefficient (Wildman–Crippen LogP) is 2.69. The Bertz CT molecular complexity index is 527. The standard InChI is InChI=1S/C16H21NO3/c1-15(18,16(11-17)7-4-8-16)10-12-5-6-13(19-2)14(9-12)20-3/h5-6,9,18H,4,7-8,10H2,1-3H3. The number of methoxy groups -OCH3 is 2. The zero-order chi connectivity index (χ0) is 14.8. The molecule has 0 aromatic heterocycles. The Hall–Kier alpha value is -1.73. The van der Waals surface area contributed by atoms with Gasteiger partial charge >= 0.3 is 0 Å². The van der Waals surface area contributed by atoms with E-state index in [9.17, 15) is 10.4 Å². The summed E-state index contributed by atoms with van der Waals surface area (Å²) in [5.41, 5.74) is -0.700. The Labute approximate surface area is 119 Å². The monoisotopic (exact) mass is 275 g/mol. The van der Waals surface area contributed by atoms with E-state index in [0.717, 1.165) is 24.8 Å². The van der Waals surface area contributed by atoms with Gasteiger partial charge in [0.15, 0.2) is 11.5 Å². The molecule has 0 spiro atoms. The minimum Gasteiger partial charge on any atom is -0.493 e. The van der Waals surface area contributed by atoms with E-state index in [-0.39, 0.29) is 0 Å². The summed E-state index contributed by atoms with van der Waals surface area (Å²) in [6, 6.07) is 7.90. The highest BCUT2D eigenvalue weighted by Crippen LogP contribution is 2.50. The lowest BCUT2D eigenvalue weighted by Crippen LogP contribution is -2.51. The fourth-order valence-corrected chi connectivity index (χ4v) is 2.86. The van der Waals surface area contributed by atoms with Crippen molar-refractivity contribution in [1.29, 1.82) is 5.26 Å². The molecule has 1 unspecified atom stereocenters. The van der Waals surface area contributed by atoms with Crippen molar-refractivity contribution in [1.82, 2.24) is 0 Å². The maximum absolute atomic E-state index is 10.7. The van der Waals surface area contributed by atoms with Gasteiger partial charge in [-0.2, -0.15) is 5.26 Å². The molecule has 0 aliphatic heterocycles. The van der Waals surface area contributed by atoms with Gasteiger partial charge < -0.3 is 14.6 Å². The zero-order valence-corrected chi connectivity index (χ0v) is 12.3. The molecule has 4 nitrogen and oxygen atoms in total. The number of nitriles is 1. The lowest BCUT2D eigenvalue weighted by molar-refractivity contribution is -0.0790. The number of nitrogens with zero attached hydrogens (tertiary/aromatic N) is 1. The molecule has 2 rings (SSSR count). The molecule has 1 fully saturated rings. The molecular weight excluding hydrogens is 254 g/mol. The van der Waals surface area contributed by atoms with Gasteiger partial charge in [0, 0.05) is 6.42 Å². The molecule has 0 heterocycles. The van der Waals surface area contributed by atoms with Crippen LogP contribution in [-0.4, -0.2) is 24.9 Å². The first-order chi connectivity index (χ1) is 9.48. The first kappa shape index (κ1) is 14.7. The minimum absolute atomic E-state index is 0.431. The zero-order valence-electron chi connectivity index (χ0n) is 12.3. The number of hydrogen-bond donors (Lipinski definition) is 1. The van der Waals surface area contributed by atoms with E-state index in [1.807, 2.05) is 18.2 Å². The van der Waals surface area contributed by atoms with Crippen LogP contribution in [0.5, 0.6) is 11.5 Å². The highest BCUT2D eigenvalue weighted by molar-refractivity contribution is 5.43. The average molecular weight is 275 g/mol. The molecule has 1 aromatic carbocycles. The van der Waals surface area contributed by atoms with Crippen molar-refractivity contribution in [3.05, 3.63) is 23.8 Å². The van der Waals surface area contributed by atoms with Crippen LogP contribution < -0.4 is 9.47 Å². The van der Waals surface area contributed by atoms with Gasteiger partial charge in [0.2, 0.25) is 0 Å². The average Bonchev–Trinajstić information content (AvgIpc) is 2.37. The highest BCUT2D eigenvalue weighted by atomic mass is 16.5. The third kappa shape index (κ3) is 2.34. The molecule has 4 heteroatoms. The van der Waals surface area contributed by atoms with E-state index in [2.05, 4.69) is 6.07 Å². The first-order valence-electron chi connectivity index (χ1n) is 6.82. The summed E-state index contributed by atoms with van der Waals surface area (Å²) in [4.78, 5) is 0. The van der Waals surface area contributed by atoms with Crippen molar-refractivity contribution in [2.75, 3.05) is 14.2 Å². The molecule has 1 N–H and O–H groups in total. The van der Waals surface area contributed by atoms with Crippen molar-refractivity contribution < 1.29 is 14.6 Å². The van der Waals surface area contributed by atoms with Gasteiger partial charge in [-0.15, -0.1) is 0 Å². The molecule has 0 saturated heterocycles. The van der Waals surface area contributed by atoms with Crippen LogP contribution in [0, 0.1) is 16.7 Å². The van der Waals surface area contributed by atoms with Gasteiger partial charge in [-0.1, -0.05) is 12.5 Å². The van der Waals surface area contributed by atoms with Crippen molar-refractivity contribution in [3.63, 3.8) is 0 Å². The van der Waals surface area contributed by atoms with Crippen LogP contribution in [0.2, 0.25) is 0 Å². The molecule has 1 aliphatic rings. The lowest BCUT2D eigenvalue weighted by atomic mass is 9.58. The fourth-order valence-electron chi connectivity index (χ4n) is 2.86. The molecule has 1 aliphatic carbocycles. The van der Waals surface area contributed by atoms with Crippen LogP contribution >= 0.6 is 0 Å². The summed E-state index contributed by atoms with van der Waals surface area (Å²) in [7, 11) is 3.18. The Morgan fingerprint density at radius 2 is 1.95 bits per heavy atom. The Balaban J connectivity index is 2.23. The van der Waals surface area contributed by atoms with Crippen LogP contribution in [0.15, 0.2) is 18.2 Å². The molecule has 108 valence electrons. The van der Waals surface area contributed by atoms with Crippen LogP contribution in [0.3, 0.4) is 0 Å². The maximum atomic E-state index is 10.7. The lowest BCUT2D eigenvalue weighted by Gasteiger charge is -2.46. The second-order valence-corrected chi connectivity index (χ2v) is 5.69. The molecule has 1 aromatic rings. The summed E-state index contributed by atoms with van der Waals surface area (Å²) in [6.07, 6.45) is 2.98. The topological polar surface area (TPSA) is 62.5 Å². The van der Waals surface area contributed by atoms with Crippen molar-refractivity contribution in [2.45, 2.75) is 38.2 Å². The van der Waals surface area contributed by atoms with Gasteiger partial charge in [-0.05, 0) is 37.5 Å². The number of ether oxygens (including phenoxy) is 2. The van der Waals surface area contributed by atoms with Crippen molar-refractivity contribution in [3.8, 4) is 17.6 Å². The third-order valence-corrected chi connectivity index (χ3v) is 4.45. The quantitative estimate of drug-likeness (QED) is 0.897. The van der Waals surface area contributed by atoms with Crippen molar-refractivity contribution >= 4 is 0 Å². The van der Waals surface area contributed by atoms with Crippen molar-refractivity contribution in [2.24, 2.45) is 5.41 Å². The first-order valence-corrected chi connectivity index (χ1v) is 6.82. The molecule has 1 saturated carbocycles. The Morgan fingerprint density at radius 1 is 1.30 bits per heavy atom. The molecule has 0 amide bonds. The fraction of sp³-hybridized carbons (Fsp3) is 0.562. The molecule has 20 heavy (non-hydrogen) atoms. The molecule has 0 bridgehead atoms.